The Morgan fingerprint density at radius 1 is 1.23 bits per heavy atom. The predicted molar refractivity (Wildman–Crippen MR) is 99.5 cm³/mol. The number of ether oxygens (including phenoxy) is 2. The number of piperidine rings is 2. The first kappa shape index (κ1) is 18.5. The number of nitrogens with zero attached hydrogens (tertiary/aromatic N) is 2. The van der Waals surface area contributed by atoms with Crippen molar-refractivity contribution in [2.45, 2.75) is 38.1 Å². The van der Waals surface area contributed by atoms with E-state index in [0.29, 0.717) is 18.6 Å². The fourth-order valence-corrected chi connectivity index (χ4v) is 4.04. The van der Waals surface area contributed by atoms with Crippen LogP contribution in [0.15, 0.2) is 29.8 Å². The maximum Gasteiger partial charge on any atom is 0.348 e. The van der Waals surface area contributed by atoms with Crippen LogP contribution in [-0.4, -0.2) is 43.7 Å². The van der Waals surface area contributed by atoms with Gasteiger partial charge in [-0.25, -0.2) is 4.79 Å². The molecule has 2 heterocycles. The van der Waals surface area contributed by atoms with Gasteiger partial charge in [0.1, 0.15) is 17.4 Å². The number of esters is 1. The lowest BCUT2D eigenvalue weighted by Gasteiger charge is -2.44. The number of benzene rings is 1. The van der Waals surface area contributed by atoms with Crippen LogP contribution in [0.2, 0.25) is 0 Å². The van der Waals surface area contributed by atoms with Crippen molar-refractivity contribution in [2.75, 3.05) is 26.8 Å². The van der Waals surface area contributed by atoms with Crippen LogP contribution in [0.4, 0.5) is 0 Å². The van der Waals surface area contributed by atoms with Crippen LogP contribution in [0, 0.1) is 17.2 Å². The third-order valence-electron chi connectivity index (χ3n) is 5.42. The first-order chi connectivity index (χ1) is 12.7. The molecule has 2 aliphatic heterocycles. The van der Waals surface area contributed by atoms with Crippen molar-refractivity contribution in [3.05, 3.63) is 35.4 Å². The third kappa shape index (κ3) is 4.44. The van der Waals surface area contributed by atoms with Gasteiger partial charge in [0.2, 0.25) is 0 Å². The molecule has 0 radical (unpaired) electrons. The Balaban J connectivity index is 1.60. The minimum atomic E-state index is -0.531. The first-order valence-electron chi connectivity index (χ1n) is 9.38. The average molecular weight is 354 g/mol. The smallest absolute Gasteiger partial charge is 0.348 e. The highest BCUT2D eigenvalue weighted by atomic mass is 16.5. The molecule has 0 amide bonds. The second-order valence-electron chi connectivity index (χ2n) is 7.04. The van der Waals surface area contributed by atoms with Gasteiger partial charge in [0, 0.05) is 12.0 Å². The maximum absolute atomic E-state index is 12.4. The highest BCUT2D eigenvalue weighted by Crippen LogP contribution is 2.31. The lowest BCUT2D eigenvalue weighted by atomic mass is 9.84. The van der Waals surface area contributed by atoms with Crippen molar-refractivity contribution < 1.29 is 14.3 Å². The topological polar surface area (TPSA) is 62.6 Å². The zero-order valence-corrected chi connectivity index (χ0v) is 15.3. The highest BCUT2D eigenvalue weighted by Gasteiger charge is 2.33. The van der Waals surface area contributed by atoms with Gasteiger partial charge in [-0.15, -0.1) is 0 Å². The number of nitriles is 1. The second kappa shape index (κ2) is 8.86. The lowest BCUT2D eigenvalue weighted by molar-refractivity contribution is -0.141. The Bertz CT molecular complexity index is 688. The molecule has 26 heavy (non-hydrogen) atoms. The van der Waals surface area contributed by atoms with Gasteiger partial charge in [0.05, 0.1) is 13.7 Å². The van der Waals surface area contributed by atoms with E-state index in [1.807, 2.05) is 18.2 Å². The van der Waals surface area contributed by atoms with Crippen LogP contribution in [0.25, 0.3) is 6.08 Å². The average Bonchev–Trinajstić information content (AvgIpc) is 2.70. The Kier molecular flexibility index (Phi) is 6.30. The van der Waals surface area contributed by atoms with Crippen molar-refractivity contribution in [2.24, 2.45) is 5.92 Å². The van der Waals surface area contributed by atoms with Crippen molar-refractivity contribution in [1.82, 2.24) is 4.90 Å². The molecule has 0 aromatic heterocycles. The normalized spacial score (nSPS) is 23.6. The molecule has 5 nitrogen and oxygen atoms in total. The summed E-state index contributed by atoms with van der Waals surface area (Å²) in [4.78, 5) is 14.9. The van der Waals surface area contributed by atoms with E-state index in [9.17, 15) is 10.1 Å². The molecule has 0 N–H and O–H groups in total. The maximum atomic E-state index is 12.4. The molecule has 1 aromatic rings. The molecule has 3 rings (SSSR count). The van der Waals surface area contributed by atoms with Crippen LogP contribution in [0.3, 0.4) is 0 Å². The molecule has 0 bridgehead atoms. The number of methoxy groups -OCH3 is 1. The number of fused-ring (bicyclic) bond motifs is 1. The van der Waals surface area contributed by atoms with Gasteiger partial charge in [-0.3, -0.25) is 4.90 Å². The SMILES string of the molecule is COc1ccc(C=C(C#N)C(=O)OCC2CCCN3CCCCC23)cc1. The fraction of sp³-hybridized carbons (Fsp3) is 0.524. The van der Waals surface area contributed by atoms with Gasteiger partial charge in [0.15, 0.2) is 0 Å². The monoisotopic (exact) mass is 354 g/mol. The van der Waals surface area contributed by atoms with E-state index < -0.39 is 5.97 Å². The predicted octanol–water partition coefficient (Wildman–Crippen LogP) is 3.41. The molecular weight excluding hydrogens is 328 g/mol. The van der Waals surface area contributed by atoms with E-state index >= 15 is 0 Å². The van der Waals surface area contributed by atoms with Crippen LogP contribution in [0.5, 0.6) is 5.75 Å². The molecule has 2 saturated heterocycles. The van der Waals surface area contributed by atoms with Crippen LogP contribution in [0.1, 0.15) is 37.7 Å². The van der Waals surface area contributed by atoms with E-state index in [-0.39, 0.29) is 5.57 Å². The Morgan fingerprint density at radius 3 is 2.73 bits per heavy atom. The largest absolute Gasteiger partial charge is 0.497 e. The lowest BCUT2D eigenvalue weighted by Crippen LogP contribution is -2.49. The van der Waals surface area contributed by atoms with Crippen LogP contribution in [-0.2, 0) is 9.53 Å². The van der Waals surface area contributed by atoms with Crippen molar-refractivity contribution in [3.63, 3.8) is 0 Å². The Morgan fingerprint density at radius 2 is 2.00 bits per heavy atom. The van der Waals surface area contributed by atoms with Crippen LogP contribution < -0.4 is 4.74 Å². The molecule has 0 spiro atoms. The summed E-state index contributed by atoms with van der Waals surface area (Å²) in [6, 6.07) is 9.71. The molecular formula is C21H26N2O3. The van der Waals surface area contributed by atoms with E-state index in [2.05, 4.69) is 4.90 Å². The van der Waals surface area contributed by atoms with Gasteiger partial charge < -0.3 is 9.47 Å². The summed E-state index contributed by atoms with van der Waals surface area (Å²) in [7, 11) is 1.60. The summed E-state index contributed by atoms with van der Waals surface area (Å²) in [6.45, 7) is 2.73. The van der Waals surface area contributed by atoms with Gasteiger partial charge in [-0.1, -0.05) is 18.6 Å². The quantitative estimate of drug-likeness (QED) is 0.461. The van der Waals surface area contributed by atoms with E-state index in [0.717, 1.165) is 37.2 Å². The number of hydrogen-bond donors (Lipinski definition) is 0. The second-order valence-corrected chi connectivity index (χ2v) is 7.04. The molecule has 2 atom stereocenters. The highest BCUT2D eigenvalue weighted by molar-refractivity contribution is 5.97. The van der Waals surface area contributed by atoms with E-state index in [1.165, 1.54) is 19.3 Å². The van der Waals surface area contributed by atoms with Gasteiger partial charge >= 0.3 is 5.97 Å². The molecule has 138 valence electrons. The molecule has 0 saturated carbocycles. The minimum absolute atomic E-state index is 0.0338. The molecule has 0 aliphatic carbocycles. The Labute approximate surface area is 155 Å². The van der Waals surface area contributed by atoms with Gasteiger partial charge in [-0.2, -0.15) is 5.26 Å². The van der Waals surface area contributed by atoms with E-state index in [4.69, 9.17) is 9.47 Å². The summed E-state index contributed by atoms with van der Waals surface area (Å²) in [5, 5.41) is 9.33. The molecule has 2 unspecified atom stereocenters. The minimum Gasteiger partial charge on any atom is -0.497 e. The van der Waals surface area contributed by atoms with Crippen LogP contribution >= 0.6 is 0 Å². The number of carbonyl (C=O) groups excluding carboxylic acids is 1. The zero-order valence-electron chi connectivity index (χ0n) is 15.3. The molecule has 2 aliphatic rings. The number of rotatable bonds is 5. The van der Waals surface area contributed by atoms with Crippen molar-refractivity contribution in [1.29, 1.82) is 5.26 Å². The molecule has 2 fully saturated rings. The summed E-state index contributed by atoms with van der Waals surface area (Å²) in [6.07, 6.45) is 7.53. The first-order valence-corrected chi connectivity index (χ1v) is 9.38. The molecule has 1 aromatic carbocycles. The van der Waals surface area contributed by atoms with Gasteiger partial charge in [0.25, 0.3) is 0 Å². The zero-order chi connectivity index (χ0) is 18.4. The van der Waals surface area contributed by atoms with Gasteiger partial charge in [-0.05, 0) is 62.5 Å². The fourth-order valence-electron chi connectivity index (χ4n) is 4.04. The number of carbonyl (C=O) groups is 1. The van der Waals surface area contributed by atoms with Crippen molar-refractivity contribution in [3.8, 4) is 11.8 Å². The number of hydrogen-bond acceptors (Lipinski definition) is 5. The van der Waals surface area contributed by atoms with E-state index in [1.54, 1.807) is 25.3 Å². The van der Waals surface area contributed by atoms with Crippen molar-refractivity contribution >= 4 is 12.0 Å². The summed E-state index contributed by atoms with van der Waals surface area (Å²) in [5.41, 5.74) is 0.807. The third-order valence-corrected chi connectivity index (χ3v) is 5.42. The molecule has 5 heteroatoms. The summed E-state index contributed by atoms with van der Waals surface area (Å²) >= 11 is 0. The Hall–Kier alpha value is -2.32. The standard InChI is InChI=1S/C21H26N2O3/c1-25-19-9-7-16(8-10-19)13-18(14-22)21(24)26-15-17-5-4-12-23-11-3-2-6-20(17)23/h7-10,13,17,20H,2-6,11-12,15H2,1H3. The summed E-state index contributed by atoms with van der Waals surface area (Å²) < 4.78 is 10.6. The summed E-state index contributed by atoms with van der Waals surface area (Å²) in [5.74, 6) is 0.586.